The summed E-state index contributed by atoms with van der Waals surface area (Å²) in [7, 11) is 0. The fraction of sp³-hybridized carbons (Fsp3) is 0.143. The van der Waals surface area contributed by atoms with E-state index in [9.17, 15) is 22.7 Å². The van der Waals surface area contributed by atoms with Gasteiger partial charge in [0.05, 0.1) is 12.3 Å². The number of nitrogens with zero attached hydrogens (tertiary/aromatic N) is 3. The molecule has 0 bridgehead atoms. The van der Waals surface area contributed by atoms with Crippen LogP contribution in [-0.4, -0.2) is 26.0 Å². The molecule has 0 saturated carbocycles. The van der Waals surface area contributed by atoms with E-state index >= 15 is 0 Å². The Labute approximate surface area is 178 Å². The Kier molecular flexibility index (Phi) is 5.55. The molecule has 0 atom stereocenters. The Morgan fingerprint density at radius 3 is 2.42 bits per heavy atom. The van der Waals surface area contributed by atoms with E-state index in [0.717, 1.165) is 5.56 Å². The first kappa shape index (κ1) is 21.1. The molecule has 1 N–H and O–H groups in total. The van der Waals surface area contributed by atoms with Crippen molar-refractivity contribution in [2.45, 2.75) is 19.5 Å². The lowest BCUT2D eigenvalue weighted by molar-refractivity contribution is -0.274. The zero-order valence-electron chi connectivity index (χ0n) is 15.7. The maximum atomic E-state index is 13.2. The van der Waals surface area contributed by atoms with Crippen molar-refractivity contribution in [1.82, 2.24) is 14.5 Å². The number of fused-ring (bicyclic) bond motifs is 1. The number of aliphatic hydroxyl groups is 1. The average molecular weight is 452 g/mol. The number of halogens is 5. The van der Waals surface area contributed by atoms with Gasteiger partial charge in [0.15, 0.2) is 0 Å². The lowest BCUT2D eigenvalue weighted by Crippen LogP contribution is -2.17. The lowest BCUT2D eigenvalue weighted by atomic mass is 10.0. The largest absolute Gasteiger partial charge is 0.573 e. The molecule has 0 spiro atoms. The van der Waals surface area contributed by atoms with E-state index in [-0.39, 0.29) is 6.54 Å². The molecular weight excluding hydrogens is 438 g/mol. The van der Waals surface area contributed by atoms with Gasteiger partial charge in [0.25, 0.3) is 0 Å². The molecule has 2 aromatic heterocycles. The maximum absolute atomic E-state index is 13.2. The molecule has 2 aromatic carbocycles. The monoisotopic (exact) mass is 451 g/mol. The van der Waals surface area contributed by atoms with Crippen LogP contribution in [0.3, 0.4) is 0 Å². The summed E-state index contributed by atoms with van der Waals surface area (Å²) in [6.45, 7) is -0.200. The van der Waals surface area contributed by atoms with E-state index in [1.165, 1.54) is 30.6 Å². The van der Waals surface area contributed by atoms with Crippen LogP contribution in [0, 0.1) is 6.08 Å². The highest BCUT2D eigenvalue weighted by Gasteiger charge is 2.31. The third kappa shape index (κ3) is 4.33. The van der Waals surface area contributed by atoms with Crippen molar-refractivity contribution in [1.29, 1.82) is 0 Å². The standard InChI is InChI=1S/C21H14ClF4N3O2/c22-16-4-2-1-3-12(16)10-29-17-6-5-14(31-21(24,25)26)7-15(17)19(18(29)11-30)13-8-27-20(23)28-9-13/h1-9,30H,10-11H2. The van der Waals surface area contributed by atoms with E-state index in [0.29, 0.717) is 32.7 Å². The number of alkyl halides is 3. The first-order valence-corrected chi connectivity index (χ1v) is 9.37. The molecule has 10 heteroatoms. The van der Waals surface area contributed by atoms with Crippen LogP contribution in [0.2, 0.25) is 5.02 Å². The summed E-state index contributed by atoms with van der Waals surface area (Å²) in [5.41, 5.74) is 2.36. The number of hydrogen-bond donors (Lipinski definition) is 1. The number of rotatable bonds is 5. The second kappa shape index (κ2) is 8.16. The second-order valence-electron chi connectivity index (χ2n) is 6.62. The number of ether oxygens (including phenoxy) is 1. The minimum atomic E-state index is -4.87. The third-order valence-electron chi connectivity index (χ3n) is 4.72. The van der Waals surface area contributed by atoms with Gasteiger partial charge in [-0.1, -0.05) is 29.8 Å². The van der Waals surface area contributed by atoms with E-state index in [4.69, 9.17) is 11.6 Å². The quantitative estimate of drug-likeness (QED) is 0.329. The summed E-state index contributed by atoms with van der Waals surface area (Å²) in [6.07, 6.45) is -3.41. The van der Waals surface area contributed by atoms with Crippen molar-refractivity contribution in [3.8, 4) is 16.9 Å². The number of benzene rings is 2. The summed E-state index contributed by atoms with van der Waals surface area (Å²) in [6, 6.07) is 10.9. The Bertz CT molecular complexity index is 1240. The van der Waals surface area contributed by atoms with Crippen molar-refractivity contribution in [2.24, 2.45) is 0 Å². The molecule has 4 rings (SSSR count). The van der Waals surface area contributed by atoms with Gasteiger partial charge < -0.3 is 14.4 Å². The van der Waals surface area contributed by atoms with E-state index in [2.05, 4.69) is 14.7 Å². The first-order valence-electron chi connectivity index (χ1n) is 9.00. The van der Waals surface area contributed by atoms with Crippen molar-refractivity contribution in [2.75, 3.05) is 0 Å². The van der Waals surface area contributed by atoms with Crippen LogP contribution in [0.5, 0.6) is 5.75 Å². The molecule has 0 fully saturated rings. The minimum Gasteiger partial charge on any atom is -0.406 e. The zero-order chi connectivity index (χ0) is 22.2. The van der Waals surface area contributed by atoms with Gasteiger partial charge in [0, 0.05) is 46.0 Å². The maximum Gasteiger partial charge on any atom is 0.573 e. The Morgan fingerprint density at radius 1 is 1.06 bits per heavy atom. The highest BCUT2D eigenvalue weighted by atomic mass is 35.5. The summed E-state index contributed by atoms with van der Waals surface area (Å²) < 4.78 is 57.3. The van der Waals surface area contributed by atoms with E-state index in [1.807, 2.05) is 0 Å². The van der Waals surface area contributed by atoms with Crippen molar-refractivity contribution in [3.63, 3.8) is 0 Å². The molecule has 0 aliphatic carbocycles. The average Bonchev–Trinajstić information content (AvgIpc) is 3.01. The topological polar surface area (TPSA) is 60.2 Å². The molecule has 0 amide bonds. The van der Waals surface area contributed by atoms with Crippen LogP contribution in [0.4, 0.5) is 17.6 Å². The summed E-state index contributed by atoms with van der Waals surface area (Å²) >= 11 is 6.28. The van der Waals surface area contributed by atoms with Crippen LogP contribution in [0.25, 0.3) is 22.0 Å². The zero-order valence-corrected chi connectivity index (χ0v) is 16.5. The molecule has 0 aliphatic rings. The van der Waals surface area contributed by atoms with Crippen LogP contribution in [-0.2, 0) is 13.2 Å². The molecule has 0 unspecified atom stereocenters. The molecule has 2 heterocycles. The molecular formula is C21H14ClF4N3O2. The van der Waals surface area contributed by atoms with Gasteiger partial charge in [0.1, 0.15) is 5.75 Å². The first-order chi connectivity index (χ1) is 14.8. The molecule has 0 aliphatic heterocycles. The molecule has 31 heavy (non-hydrogen) atoms. The minimum absolute atomic E-state index is 0.244. The van der Waals surface area contributed by atoms with E-state index < -0.39 is 24.8 Å². The Hall–Kier alpha value is -3.17. The third-order valence-corrected chi connectivity index (χ3v) is 5.09. The summed E-state index contributed by atoms with van der Waals surface area (Å²) in [4.78, 5) is 7.05. The fourth-order valence-electron chi connectivity index (χ4n) is 3.49. The normalized spacial score (nSPS) is 11.8. The highest BCUT2D eigenvalue weighted by molar-refractivity contribution is 6.31. The van der Waals surface area contributed by atoms with Gasteiger partial charge in [-0.25, -0.2) is 9.97 Å². The molecule has 160 valence electrons. The lowest BCUT2D eigenvalue weighted by Gasteiger charge is -2.12. The van der Waals surface area contributed by atoms with Crippen LogP contribution >= 0.6 is 11.6 Å². The van der Waals surface area contributed by atoms with E-state index in [1.54, 1.807) is 28.8 Å². The number of hydrogen-bond acceptors (Lipinski definition) is 4. The fourth-order valence-corrected chi connectivity index (χ4v) is 3.68. The summed E-state index contributed by atoms with van der Waals surface area (Å²) in [5.74, 6) is -0.427. The van der Waals surface area contributed by atoms with Crippen LogP contribution < -0.4 is 4.74 Å². The predicted molar refractivity (Wildman–Crippen MR) is 106 cm³/mol. The molecule has 0 radical (unpaired) electrons. The van der Waals surface area contributed by atoms with Crippen LogP contribution in [0.1, 0.15) is 11.3 Å². The highest BCUT2D eigenvalue weighted by Crippen LogP contribution is 2.38. The smallest absolute Gasteiger partial charge is 0.406 e. The SMILES string of the molecule is OCc1c(-c2cnc(F)nc2)c2cc(OC(F)(F)F)ccc2n1Cc1ccccc1Cl. The van der Waals surface area contributed by atoms with Gasteiger partial charge in [0.2, 0.25) is 0 Å². The van der Waals surface area contributed by atoms with Gasteiger partial charge in [-0.2, -0.15) is 4.39 Å². The van der Waals surface area contributed by atoms with Crippen molar-refractivity contribution >= 4 is 22.5 Å². The number of aromatic nitrogens is 3. The summed E-state index contributed by atoms with van der Waals surface area (Å²) in [5, 5.41) is 11.0. The molecule has 0 saturated heterocycles. The van der Waals surface area contributed by atoms with Gasteiger partial charge >= 0.3 is 12.4 Å². The number of aliphatic hydroxyl groups excluding tert-OH is 1. The van der Waals surface area contributed by atoms with Gasteiger partial charge in [-0.3, -0.25) is 0 Å². The molecule has 5 nitrogen and oxygen atoms in total. The Balaban J connectivity index is 1.96. The second-order valence-corrected chi connectivity index (χ2v) is 7.03. The predicted octanol–water partition coefficient (Wildman–Crippen LogP) is 5.33. The van der Waals surface area contributed by atoms with Gasteiger partial charge in [-0.15, -0.1) is 13.2 Å². The Morgan fingerprint density at radius 2 is 1.77 bits per heavy atom. The van der Waals surface area contributed by atoms with Crippen molar-refractivity contribution < 1.29 is 27.4 Å². The molecule has 4 aromatic rings. The van der Waals surface area contributed by atoms with Gasteiger partial charge in [-0.05, 0) is 29.8 Å². The van der Waals surface area contributed by atoms with Crippen molar-refractivity contribution in [3.05, 3.63) is 77.2 Å². The van der Waals surface area contributed by atoms with Crippen LogP contribution in [0.15, 0.2) is 54.9 Å².